The normalized spacial score (nSPS) is 23.0. The molecule has 4 rings (SSSR count). The van der Waals surface area contributed by atoms with Crippen LogP contribution < -0.4 is 0 Å². The lowest BCUT2D eigenvalue weighted by Gasteiger charge is -2.40. The molecule has 2 aliphatic rings. The Hall–Kier alpha value is -1.68. The zero-order valence-corrected chi connectivity index (χ0v) is 15.4. The van der Waals surface area contributed by atoms with Gasteiger partial charge in [0.2, 0.25) is 0 Å². The van der Waals surface area contributed by atoms with E-state index in [0.717, 1.165) is 24.1 Å². The Bertz CT molecular complexity index is 687. The number of pyridine rings is 1. The fourth-order valence-corrected chi connectivity index (χ4v) is 4.63. The van der Waals surface area contributed by atoms with Gasteiger partial charge in [0.05, 0.1) is 0 Å². The molecule has 134 valence electrons. The molecule has 3 heterocycles. The third-order valence-corrected chi connectivity index (χ3v) is 6.00. The van der Waals surface area contributed by atoms with Gasteiger partial charge < -0.3 is 0 Å². The molecular weight excluding hydrogens is 308 g/mol. The molecule has 0 N–H and O–H groups in total. The Morgan fingerprint density at radius 1 is 1.08 bits per heavy atom. The highest BCUT2D eigenvalue weighted by atomic mass is 15.2. The van der Waals surface area contributed by atoms with E-state index in [-0.39, 0.29) is 0 Å². The molecule has 0 radical (unpaired) electrons. The highest BCUT2D eigenvalue weighted by Gasteiger charge is 2.28. The van der Waals surface area contributed by atoms with Crippen LogP contribution in [0.25, 0.3) is 5.82 Å². The van der Waals surface area contributed by atoms with Gasteiger partial charge in [-0.1, -0.05) is 32.3 Å². The molecule has 1 atom stereocenters. The fraction of sp³-hybridized carbons (Fsp3) is 0.619. The number of hydrogen-bond donors (Lipinski definition) is 0. The van der Waals surface area contributed by atoms with Gasteiger partial charge in [-0.3, -0.25) is 9.47 Å². The second kappa shape index (κ2) is 7.69. The Kier molecular flexibility index (Phi) is 5.16. The van der Waals surface area contributed by atoms with Crippen LogP contribution in [0.4, 0.5) is 0 Å². The summed E-state index contributed by atoms with van der Waals surface area (Å²) in [7, 11) is 0. The van der Waals surface area contributed by atoms with Gasteiger partial charge in [0.15, 0.2) is 0 Å². The monoisotopic (exact) mass is 338 g/mol. The van der Waals surface area contributed by atoms with E-state index in [2.05, 4.69) is 39.6 Å². The summed E-state index contributed by atoms with van der Waals surface area (Å²) in [6, 6.07) is 7.31. The smallest absolute Gasteiger partial charge is 0.138 e. The predicted octanol–water partition coefficient (Wildman–Crippen LogP) is 4.34. The number of aryl methyl sites for hydroxylation is 1. The van der Waals surface area contributed by atoms with Crippen LogP contribution in [-0.2, 0) is 6.42 Å². The molecule has 4 nitrogen and oxygen atoms in total. The minimum absolute atomic E-state index is 0.573. The molecule has 2 aromatic rings. The second-order valence-corrected chi connectivity index (χ2v) is 7.61. The van der Waals surface area contributed by atoms with Crippen molar-refractivity contribution in [2.24, 2.45) is 0 Å². The first-order valence-corrected chi connectivity index (χ1v) is 10.1. The van der Waals surface area contributed by atoms with Gasteiger partial charge in [-0.25, -0.2) is 9.97 Å². The zero-order valence-electron chi connectivity index (χ0n) is 15.4. The SMILES string of the molecule is CCc1nccn1-c1cccc([C@H]2CCCN(C3CCCCC3)C2)n1. The van der Waals surface area contributed by atoms with E-state index in [1.807, 2.05) is 12.4 Å². The van der Waals surface area contributed by atoms with Gasteiger partial charge in [-0.15, -0.1) is 0 Å². The minimum atomic E-state index is 0.573. The molecule has 0 bridgehead atoms. The van der Waals surface area contributed by atoms with Crippen LogP contribution in [0.15, 0.2) is 30.6 Å². The lowest BCUT2D eigenvalue weighted by Crippen LogP contribution is -2.43. The van der Waals surface area contributed by atoms with Crippen molar-refractivity contribution in [3.8, 4) is 5.82 Å². The maximum atomic E-state index is 5.02. The predicted molar refractivity (Wildman–Crippen MR) is 101 cm³/mol. The number of imidazole rings is 1. The highest BCUT2D eigenvalue weighted by molar-refractivity contribution is 5.28. The summed E-state index contributed by atoms with van der Waals surface area (Å²) in [5.74, 6) is 2.67. The molecule has 4 heteroatoms. The van der Waals surface area contributed by atoms with Crippen molar-refractivity contribution in [1.29, 1.82) is 0 Å². The molecule has 2 aromatic heterocycles. The number of hydrogen-bond acceptors (Lipinski definition) is 3. The third-order valence-electron chi connectivity index (χ3n) is 6.00. The van der Waals surface area contributed by atoms with Crippen molar-refractivity contribution in [2.75, 3.05) is 13.1 Å². The molecule has 1 aliphatic carbocycles. The van der Waals surface area contributed by atoms with Crippen LogP contribution in [0.5, 0.6) is 0 Å². The van der Waals surface area contributed by atoms with Gasteiger partial charge in [-0.2, -0.15) is 0 Å². The summed E-state index contributed by atoms with van der Waals surface area (Å²) in [5.41, 5.74) is 1.26. The van der Waals surface area contributed by atoms with Gasteiger partial charge >= 0.3 is 0 Å². The van der Waals surface area contributed by atoms with Crippen molar-refractivity contribution in [3.63, 3.8) is 0 Å². The average molecular weight is 338 g/mol. The van der Waals surface area contributed by atoms with Crippen molar-refractivity contribution < 1.29 is 0 Å². The van der Waals surface area contributed by atoms with E-state index >= 15 is 0 Å². The maximum absolute atomic E-state index is 5.02. The standard InChI is InChI=1S/C21H30N4/c1-2-20-22-13-15-25(20)21-12-6-11-19(23-21)17-8-7-14-24(16-17)18-9-4-3-5-10-18/h6,11-13,15,17-18H,2-5,7-10,14,16H2,1H3/t17-/m0/s1. The van der Waals surface area contributed by atoms with Crippen molar-refractivity contribution >= 4 is 0 Å². The summed E-state index contributed by atoms with van der Waals surface area (Å²) >= 11 is 0. The van der Waals surface area contributed by atoms with Gasteiger partial charge in [0.1, 0.15) is 11.6 Å². The number of aromatic nitrogens is 3. The Balaban J connectivity index is 1.52. The second-order valence-electron chi connectivity index (χ2n) is 7.61. The number of nitrogens with zero attached hydrogens (tertiary/aromatic N) is 4. The first-order chi connectivity index (χ1) is 12.3. The summed E-state index contributed by atoms with van der Waals surface area (Å²) in [6.45, 7) is 4.61. The number of piperidine rings is 1. The molecule has 0 amide bonds. The van der Waals surface area contributed by atoms with Crippen LogP contribution in [0, 0.1) is 0 Å². The summed E-state index contributed by atoms with van der Waals surface area (Å²) in [6.07, 6.45) is 14.5. The summed E-state index contributed by atoms with van der Waals surface area (Å²) in [5, 5.41) is 0. The Labute approximate surface area is 151 Å². The Morgan fingerprint density at radius 3 is 2.80 bits per heavy atom. The molecule has 1 aliphatic heterocycles. The Morgan fingerprint density at radius 2 is 1.96 bits per heavy atom. The maximum Gasteiger partial charge on any atom is 0.138 e. The summed E-state index contributed by atoms with van der Waals surface area (Å²) in [4.78, 5) is 12.2. The average Bonchev–Trinajstić information content (AvgIpc) is 3.18. The van der Waals surface area contributed by atoms with Crippen LogP contribution in [-0.4, -0.2) is 38.6 Å². The fourth-order valence-electron chi connectivity index (χ4n) is 4.63. The summed E-state index contributed by atoms with van der Waals surface area (Å²) < 4.78 is 2.13. The van der Waals surface area contributed by atoms with Gasteiger partial charge in [0.25, 0.3) is 0 Å². The van der Waals surface area contributed by atoms with E-state index in [1.165, 1.54) is 63.7 Å². The quantitative estimate of drug-likeness (QED) is 0.831. The molecule has 0 aromatic carbocycles. The molecule has 25 heavy (non-hydrogen) atoms. The van der Waals surface area contributed by atoms with Crippen molar-refractivity contribution in [2.45, 2.75) is 70.3 Å². The van der Waals surface area contributed by atoms with Crippen LogP contribution in [0.2, 0.25) is 0 Å². The van der Waals surface area contributed by atoms with E-state index in [9.17, 15) is 0 Å². The van der Waals surface area contributed by atoms with E-state index in [0.29, 0.717) is 5.92 Å². The van der Waals surface area contributed by atoms with Crippen molar-refractivity contribution in [1.82, 2.24) is 19.4 Å². The number of likely N-dealkylation sites (tertiary alicyclic amines) is 1. The molecular formula is C21H30N4. The van der Waals surface area contributed by atoms with Crippen molar-refractivity contribution in [3.05, 3.63) is 42.1 Å². The van der Waals surface area contributed by atoms with E-state index < -0.39 is 0 Å². The first-order valence-electron chi connectivity index (χ1n) is 10.1. The molecule has 1 saturated carbocycles. The number of rotatable bonds is 4. The topological polar surface area (TPSA) is 34.0 Å². The van der Waals surface area contributed by atoms with Crippen LogP contribution >= 0.6 is 0 Å². The molecule has 2 fully saturated rings. The highest BCUT2D eigenvalue weighted by Crippen LogP contribution is 2.31. The van der Waals surface area contributed by atoms with Gasteiger partial charge in [-0.05, 0) is 44.4 Å². The zero-order chi connectivity index (χ0) is 17.1. The molecule has 0 spiro atoms. The van der Waals surface area contributed by atoms with Crippen LogP contribution in [0.1, 0.15) is 69.3 Å². The lowest BCUT2D eigenvalue weighted by atomic mass is 9.89. The van der Waals surface area contributed by atoms with Crippen LogP contribution in [0.3, 0.4) is 0 Å². The lowest BCUT2D eigenvalue weighted by molar-refractivity contribution is 0.118. The first kappa shape index (κ1) is 16.8. The molecule has 1 saturated heterocycles. The van der Waals surface area contributed by atoms with E-state index in [1.54, 1.807) is 0 Å². The van der Waals surface area contributed by atoms with E-state index in [4.69, 9.17) is 4.98 Å². The minimum Gasteiger partial charge on any atom is -0.300 e. The third kappa shape index (κ3) is 3.64. The molecule has 0 unspecified atom stereocenters. The van der Waals surface area contributed by atoms with Gasteiger partial charge in [0, 0.05) is 43.0 Å². The largest absolute Gasteiger partial charge is 0.300 e.